The molecule has 23 heavy (non-hydrogen) atoms. The summed E-state index contributed by atoms with van der Waals surface area (Å²) in [5, 5.41) is 5.03. The van der Waals surface area contributed by atoms with E-state index >= 15 is 0 Å². The summed E-state index contributed by atoms with van der Waals surface area (Å²) in [5.74, 6) is 0.269. The van der Waals surface area contributed by atoms with E-state index in [0.29, 0.717) is 30.2 Å². The van der Waals surface area contributed by atoms with Crippen molar-refractivity contribution in [1.29, 1.82) is 0 Å². The van der Waals surface area contributed by atoms with Crippen molar-refractivity contribution >= 4 is 17.5 Å². The molecule has 2 amide bonds. The number of rotatable bonds is 6. The Kier molecular flexibility index (Phi) is 5.62. The SMILES string of the molecule is COc1ccc(NC(=O)C(=O)NCCc2ccco2)cc1OC. The van der Waals surface area contributed by atoms with E-state index in [0.717, 1.165) is 5.76 Å². The third-order valence-electron chi connectivity index (χ3n) is 3.08. The average molecular weight is 318 g/mol. The maximum atomic E-state index is 11.8. The van der Waals surface area contributed by atoms with Crippen LogP contribution in [0.5, 0.6) is 11.5 Å². The van der Waals surface area contributed by atoms with Gasteiger partial charge in [-0.15, -0.1) is 0 Å². The van der Waals surface area contributed by atoms with E-state index in [9.17, 15) is 9.59 Å². The van der Waals surface area contributed by atoms with Crippen LogP contribution in [0.4, 0.5) is 5.69 Å². The van der Waals surface area contributed by atoms with E-state index in [1.54, 1.807) is 36.6 Å². The minimum Gasteiger partial charge on any atom is -0.493 e. The van der Waals surface area contributed by atoms with Crippen LogP contribution in [-0.4, -0.2) is 32.6 Å². The molecular formula is C16H18N2O5. The summed E-state index contributed by atoms with van der Waals surface area (Å²) in [7, 11) is 3.01. The Balaban J connectivity index is 1.86. The Morgan fingerprint density at radius 1 is 1.09 bits per heavy atom. The van der Waals surface area contributed by atoms with Crippen LogP contribution < -0.4 is 20.1 Å². The molecule has 2 rings (SSSR count). The molecule has 0 fully saturated rings. The Hall–Kier alpha value is -2.96. The van der Waals surface area contributed by atoms with Crippen LogP contribution in [0.25, 0.3) is 0 Å². The van der Waals surface area contributed by atoms with Crippen molar-refractivity contribution in [2.45, 2.75) is 6.42 Å². The normalized spacial score (nSPS) is 10.0. The number of methoxy groups -OCH3 is 2. The van der Waals surface area contributed by atoms with Crippen molar-refractivity contribution in [2.75, 3.05) is 26.1 Å². The van der Waals surface area contributed by atoms with E-state index in [-0.39, 0.29) is 0 Å². The number of anilines is 1. The largest absolute Gasteiger partial charge is 0.493 e. The van der Waals surface area contributed by atoms with Gasteiger partial charge in [0, 0.05) is 24.7 Å². The van der Waals surface area contributed by atoms with Gasteiger partial charge in [0.25, 0.3) is 0 Å². The number of hydrogen-bond donors (Lipinski definition) is 2. The minimum absolute atomic E-state index is 0.311. The smallest absolute Gasteiger partial charge is 0.313 e. The van der Waals surface area contributed by atoms with Gasteiger partial charge in [-0.05, 0) is 24.3 Å². The molecule has 0 radical (unpaired) electrons. The maximum Gasteiger partial charge on any atom is 0.313 e. The lowest BCUT2D eigenvalue weighted by Crippen LogP contribution is -2.36. The van der Waals surface area contributed by atoms with Gasteiger partial charge in [-0.3, -0.25) is 9.59 Å². The second-order valence-electron chi connectivity index (χ2n) is 4.61. The molecule has 1 heterocycles. The first kappa shape index (κ1) is 16.4. The lowest BCUT2D eigenvalue weighted by molar-refractivity contribution is -0.136. The summed E-state index contributed by atoms with van der Waals surface area (Å²) >= 11 is 0. The Morgan fingerprint density at radius 2 is 1.87 bits per heavy atom. The van der Waals surface area contributed by atoms with E-state index in [4.69, 9.17) is 13.9 Å². The molecule has 0 saturated carbocycles. The summed E-state index contributed by atoms with van der Waals surface area (Å²) < 4.78 is 15.4. The zero-order valence-electron chi connectivity index (χ0n) is 12.9. The Bertz CT molecular complexity index is 667. The van der Waals surface area contributed by atoms with Crippen LogP contribution in [0.3, 0.4) is 0 Å². The topological polar surface area (TPSA) is 89.8 Å². The fourth-order valence-corrected chi connectivity index (χ4v) is 1.94. The number of amides is 2. The van der Waals surface area contributed by atoms with Crippen molar-refractivity contribution in [3.05, 3.63) is 42.4 Å². The molecule has 1 aromatic heterocycles. The van der Waals surface area contributed by atoms with Crippen molar-refractivity contribution in [1.82, 2.24) is 5.32 Å². The van der Waals surface area contributed by atoms with Gasteiger partial charge in [0.05, 0.1) is 20.5 Å². The molecule has 7 heteroatoms. The van der Waals surface area contributed by atoms with Gasteiger partial charge in [0.2, 0.25) is 0 Å². The molecule has 0 atom stereocenters. The molecule has 7 nitrogen and oxygen atoms in total. The third-order valence-corrected chi connectivity index (χ3v) is 3.08. The van der Waals surface area contributed by atoms with Gasteiger partial charge in [0.15, 0.2) is 11.5 Å². The van der Waals surface area contributed by atoms with Crippen molar-refractivity contribution in [2.24, 2.45) is 0 Å². The van der Waals surface area contributed by atoms with Crippen LogP contribution in [0.2, 0.25) is 0 Å². The van der Waals surface area contributed by atoms with Crippen molar-refractivity contribution in [3.63, 3.8) is 0 Å². The quantitative estimate of drug-likeness (QED) is 0.790. The van der Waals surface area contributed by atoms with Crippen LogP contribution in [-0.2, 0) is 16.0 Å². The predicted molar refractivity (Wildman–Crippen MR) is 83.6 cm³/mol. The van der Waals surface area contributed by atoms with Crippen LogP contribution >= 0.6 is 0 Å². The highest BCUT2D eigenvalue weighted by atomic mass is 16.5. The summed E-state index contributed by atoms with van der Waals surface area (Å²) in [6, 6.07) is 8.41. The first-order chi connectivity index (χ1) is 11.1. The first-order valence-electron chi connectivity index (χ1n) is 6.97. The molecule has 0 aliphatic rings. The second-order valence-corrected chi connectivity index (χ2v) is 4.61. The second kappa shape index (κ2) is 7.88. The summed E-state index contributed by atoms with van der Waals surface area (Å²) in [5.41, 5.74) is 0.439. The molecule has 0 aliphatic carbocycles. The van der Waals surface area contributed by atoms with Crippen LogP contribution in [0, 0.1) is 0 Å². The molecule has 2 aromatic rings. The van der Waals surface area contributed by atoms with Gasteiger partial charge in [0.1, 0.15) is 5.76 Å². The highest BCUT2D eigenvalue weighted by Gasteiger charge is 2.14. The minimum atomic E-state index is -0.753. The summed E-state index contributed by atoms with van der Waals surface area (Å²) in [6.45, 7) is 0.311. The van der Waals surface area contributed by atoms with E-state index in [2.05, 4.69) is 10.6 Å². The summed E-state index contributed by atoms with van der Waals surface area (Å²) in [4.78, 5) is 23.6. The van der Waals surface area contributed by atoms with Crippen LogP contribution in [0.15, 0.2) is 41.0 Å². The fraction of sp³-hybridized carbons (Fsp3) is 0.250. The molecule has 0 spiro atoms. The number of nitrogens with one attached hydrogen (secondary N) is 2. The van der Waals surface area contributed by atoms with Gasteiger partial charge < -0.3 is 24.5 Å². The fourth-order valence-electron chi connectivity index (χ4n) is 1.94. The number of carbonyl (C=O) groups excluding carboxylic acids is 2. The van der Waals surface area contributed by atoms with Gasteiger partial charge >= 0.3 is 11.8 Å². The number of hydrogen-bond acceptors (Lipinski definition) is 5. The van der Waals surface area contributed by atoms with E-state index in [1.165, 1.54) is 14.2 Å². The standard InChI is InChI=1S/C16H18N2O5/c1-21-13-6-5-11(10-14(13)22-2)18-16(20)15(19)17-8-7-12-4-3-9-23-12/h3-6,9-10H,7-8H2,1-2H3,(H,17,19)(H,18,20). The molecule has 122 valence electrons. The summed E-state index contributed by atoms with van der Waals surface area (Å²) in [6.07, 6.45) is 2.07. The van der Waals surface area contributed by atoms with Crippen LogP contribution in [0.1, 0.15) is 5.76 Å². The number of benzene rings is 1. The predicted octanol–water partition coefficient (Wildman–Crippen LogP) is 1.59. The lowest BCUT2D eigenvalue weighted by Gasteiger charge is -2.10. The highest BCUT2D eigenvalue weighted by molar-refractivity contribution is 6.39. The van der Waals surface area contributed by atoms with Crippen molar-refractivity contribution in [3.8, 4) is 11.5 Å². The Labute approximate surface area is 133 Å². The maximum absolute atomic E-state index is 11.8. The average Bonchev–Trinajstić information content (AvgIpc) is 3.07. The number of carbonyl (C=O) groups is 2. The first-order valence-corrected chi connectivity index (χ1v) is 6.97. The van der Waals surface area contributed by atoms with E-state index < -0.39 is 11.8 Å². The van der Waals surface area contributed by atoms with Gasteiger partial charge in [-0.1, -0.05) is 0 Å². The van der Waals surface area contributed by atoms with Gasteiger partial charge in [-0.2, -0.15) is 0 Å². The number of ether oxygens (including phenoxy) is 2. The van der Waals surface area contributed by atoms with E-state index in [1.807, 2.05) is 0 Å². The Morgan fingerprint density at radius 3 is 2.52 bits per heavy atom. The molecular weight excluding hydrogens is 300 g/mol. The zero-order valence-corrected chi connectivity index (χ0v) is 12.9. The molecule has 2 N–H and O–H groups in total. The zero-order chi connectivity index (χ0) is 16.7. The van der Waals surface area contributed by atoms with Crippen molar-refractivity contribution < 1.29 is 23.5 Å². The molecule has 0 unspecified atom stereocenters. The molecule has 0 aliphatic heterocycles. The molecule has 0 saturated heterocycles. The monoisotopic (exact) mass is 318 g/mol. The van der Waals surface area contributed by atoms with Gasteiger partial charge in [-0.25, -0.2) is 0 Å². The molecule has 0 bridgehead atoms. The lowest BCUT2D eigenvalue weighted by atomic mass is 10.2. The number of furan rings is 1. The third kappa shape index (κ3) is 4.50. The molecule has 1 aromatic carbocycles. The highest BCUT2D eigenvalue weighted by Crippen LogP contribution is 2.29.